The summed E-state index contributed by atoms with van der Waals surface area (Å²) in [6.45, 7) is -1.03. The maximum absolute atomic E-state index is 14.3. The van der Waals surface area contributed by atoms with E-state index in [1.807, 2.05) is 4.72 Å². The van der Waals surface area contributed by atoms with Gasteiger partial charge in [-0.05, 0) is 6.07 Å². The first-order valence-electron chi connectivity index (χ1n) is 8.60. The molecule has 0 spiro atoms. The van der Waals surface area contributed by atoms with Crippen LogP contribution in [-0.4, -0.2) is 50.6 Å². The molecule has 1 aromatic carbocycles. The largest absolute Gasteiger partial charge is 0.478 e. The van der Waals surface area contributed by atoms with Gasteiger partial charge in [0.2, 0.25) is 11.7 Å². The van der Waals surface area contributed by atoms with Crippen LogP contribution in [0.15, 0.2) is 23.2 Å². The van der Waals surface area contributed by atoms with Crippen LogP contribution in [0.25, 0.3) is 10.9 Å². The molecule has 0 saturated heterocycles. The van der Waals surface area contributed by atoms with Crippen LogP contribution in [0.1, 0.15) is 12.0 Å². The van der Waals surface area contributed by atoms with Crippen molar-refractivity contribution in [2.45, 2.75) is 17.7 Å². The zero-order valence-corrected chi connectivity index (χ0v) is 17.1. The maximum Gasteiger partial charge on any atom is 0.272 e. The van der Waals surface area contributed by atoms with E-state index in [-0.39, 0.29) is 11.1 Å². The van der Waals surface area contributed by atoms with Gasteiger partial charge < -0.3 is 19.2 Å². The van der Waals surface area contributed by atoms with Gasteiger partial charge in [-0.25, -0.2) is 35.1 Å². The van der Waals surface area contributed by atoms with Gasteiger partial charge in [-0.2, -0.15) is 9.97 Å². The Morgan fingerprint density at radius 3 is 2.25 bits per heavy atom. The second-order valence-electron chi connectivity index (χ2n) is 6.05. The van der Waals surface area contributed by atoms with Gasteiger partial charge in [-0.15, -0.1) is 0 Å². The molecular formula is C17H15F5N4O5S. The van der Waals surface area contributed by atoms with Crippen molar-refractivity contribution in [1.29, 1.82) is 0 Å². The number of rotatable bonds is 9. The molecule has 3 aromatic rings. The Kier molecular flexibility index (Phi) is 6.57. The number of hydrogen-bond acceptors (Lipinski definition) is 7. The molecule has 0 bridgehead atoms. The molecule has 9 nitrogen and oxygen atoms in total. The number of nitrogens with zero attached hydrogens (tertiary/aromatic N) is 2. The molecule has 174 valence electrons. The van der Waals surface area contributed by atoms with E-state index in [0.717, 1.165) is 32.5 Å². The fourth-order valence-electron chi connectivity index (χ4n) is 2.72. The number of H-pyrrole nitrogens is 1. The third kappa shape index (κ3) is 4.46. The average Bonchev–Trinajstić information content (AvgIpc) is 3.17. The molecule has 2 heterocycles. The second-order valence-corrected chi connectivity index (χ2v) is 7.70. The molecule has 0 radical (unpaired) electrons. The smallest absolute Gasteiger partial charge is 0.272 e. The van der Waals surface area contributed by atoms with E-state index in [2.05, 4.69) is 15.0 Å². The standard InChI is InChI=1S/C17H15F5N4O5S/c1-29-15-13(31-6-10(18)19)16(30-2)25-17(24-15)26-32(27,28)9-5-23-12-7(9)3-4-8(11(12)20)14(21)22/h3-5,10,14,23H,6H2,1-2H3,(H,24,25,26). The topological polar surface area (TPSA) is 115 Å². The van der Waals surface area contributed by atoms with Gasteiger partial charge in [-0.1, -0.05) is 6.07 Å². The molecule has 0 aliphatic heterocycles. The lowest BCUT2D eigenvalue weighted by Gasteiger charge is -2.14. The second kappa shape index (κ2) is 9.02. The number of benzene rings is 1. The minimum atomic E-state index is -4.47. The molecule has 0 unspecified atom stereocenters. The van der Waals surface area contributed by atoms with Crippen LogP contribution in [0.4, 0.5) is 27.9 Å². The van der Waals surface area contributed by atoms with Gasteiger partial charge in [0.25, 0.3) is 34.6 Å². The highest BCUT2D eigenvalue weighted by Crippen LogP contribution is 2.36. The van der Waals surface area contributed by atoms with E-state index in [9.17, 15) is 30.4 Å². The van der Waals surface area contributed by atoms with Crippen molar-refractivity contribution in [2.75, 3.05) is 25.5 Å². The molecule has 0 aliphatic rings. The van der Waals surface area contributed by atoms with E-state index >= 15 is 0 Å². The Labute approximate surface area is 177 Å². The molecular weight excluding hydrogens is 467 g/mol. The predicted molar refractivity (Wildman–Crippen MR) is 101 cm³/mol. The molecule has 0 fully saturated rings. The Morgan fingerprint density at radius 2 is 1.72 bits per heavy atom. The summed E-state index contributed by atoms with van der Waals surface area (Å²) in [5, 5.41) is -0.199. The third-order valence-electron chi connectivity index (χ3n) is 4.08. The normalized spacial score (nSPS) is 11.9. The highest BCUT2D eigenvalue weighted by atomic mass is 32.2. The summed E-state index contributed by atoms with van der Waals surface area (Å²) in [5.74, 6) is -3.06. The van der Waals surface area contributed by atoms with Crippen molar-refractivity contribution in [3.05, 3.63) is 29.7 Å². The third-order valence-corrected chi connectivity index (χ3v) is 5.45. The number of ether oxygens (including phenoxy) is 3. The van der Waals surface area contributed by atoms with Crippen molar-refractivity contribution >= 4 is 26.9 Å². The number of alkyl halides is 4. The lowest BCUT2D eigenvalue weighted by Crippen LogP contribution is -2.16. The highest BCUT2D eigenvalue weighted by molar-refractivity contribution is 7.93. The molecule has 3 rings (SSSR count). The van der Waals surface area contributed by atoms with Gasteiger partial charge in [0, 0.05) is 11.6 Å². The van der Waals surface area contributed by atoms with Crippen LogP contribution in [0, 0.1) is 5.82 Å². The van der Waals surface area contributed by atoms with Crippen molar-refractivity contribution in [3.63, 3.8) is 0 Å². The van der Waals surface area contributed by atoms with E-state index in [1.165, 1.54) is 0 Å². The minimum absolute atomic E-state index is 0.199. The van der Waals surface area contributed by atoms with E-state index in [4.69, 9.17) is 14.2 Å². The number of anilines is 1. The number of sulfonamides is 1. The summed E-state index contributed by atoms with van der Waals surface area (Å²) in [7, 11) is -2.22. The zero-order chi connectivity index (χ0) is 23.6. The van der Waals surface area contributed by atoms with E-state index in [0.29, 0.717) is 0 Å². The summed E-state index contributed by atoms with van der Waals surface area (Å²) in [6.07, 6.45) is -5.02. The first-order valence-corrected chi connectivity index (χ1v) is 10.1. The minimum Gasteiger partial charge on any atom is -0.478 e. The van der Waals surface area contributed by atoms with Gasteiger partial charge >= 0.3 is 0 Å². The monoisotopic (exact) mass is 482 g/mol. The van der Waals surface area contributed by atoms with Crippen molar-refractivity contribution in [3.8, 4) is 17.5 Å². The number of aromatic nitrogens is 3. The zero-order valence-electron chi connectivity index (χ0n) is 16.3. The number of aromatic amines is 1. The summed E-state index contributed by atoms with van der Waals surface area (Å²) < 4.78 is 107. The summed E-state index contributed by atoms with van der Waals surface area (Å²) >= 11 is 0. The number of fused-ring (bicyclic) bond motifs is 1. The molecule has 0 aliphatic carbocycles. The molecule has 0 atom stereocenters. The van der Waals surface area contributed by atoms with Crippen LogP contribution < -0.4 is 18.9 Å². The quantitative estimate of drug-likeness (QED) is 0.449. The lowest BCUT2D eigenvalue weighted by atomic mass is 10.1. The first-order chi connectivity index (χ1) is 15.1. The summed E-state index contributed by atoms with van der Waals surface area (Å²) in [6, 6.07) is 1.79. The van der Waals surface area contributed by atoms with Gasteiger partial charge in [0.05, 0.1) is 25.3 Å². The number of hydrogen-bond donors (Lipinski definition) is 2. The van der Waals surface area contributed by atoms with Crippen molar-refractivity contribution < 1.29 is 44.6 Å². The SMILES string of the molecule is COc1nc(NS(=O)(=O)c2c[nH]c3c(F)c(C(F)F)ccc23)nc(OC)c1OCC(F)F. The Morgan fingerprint density at radius 1 is 1.09 bits per heavy atom. The molecule has 0 saturated carbocycles. The van der Waals surface area contributed by atoms with Gasteiger partial charge in [0.1, 0.15) is 11.5 Å². The van der Waals surface area contributed by atoms with E-state index < -0.39 is 69.0 Å². The van der Waals surface area contributed by atoms with Crippen LogP contribution in [-0.2, 0) is 10.0 Å². The fourth-order valence-corrected chi connectivity index (χ4v) is 3.84. The average molecular weight is 482 g/mol. The number of nitrogens with one attached hydrogen (secondary N) is 2. The number of methoxy groups -OCH3 is 2. The molecule has 15 heteroatoms. The van der Waals surface area contributed by atoms with Crippen molar-refractivity contribution in [2.24, 2.45) is 0 Å². The van der Waals surface area contributed by atoms with Crippen LogP contribution >= 0.6 is 0 Å². The van der Waals surface area contributed by atoms with Crippen LogP contribution in [0.2, 0.25) is 0 Å². The van der Waals surface area contributed by atoms with E-state index in [1.54, 1.807) is 0 Å². The Balaban J connectivity index is 2.00. The van der Waals surface area contributed by atoms with Gasteiger partial charge in [0.15, 0.2) is 5.82 Å². The first kappa shape index (κ1) is 23.3. The van der Waals surface area contributed by atoms with Crippen LogP contribution in [0.3, 0.4) is 0 Å². The van der Waals surface area contributed by atoms with Gasteiger partial charge in [-0.3, -0.25) is 0 Å². The molecule has 2 aromatic heterocycles. The molecule has 2 N–H and O–H groups in total. The molecule has 32 heavy (non-hydrogen) atoms. The summed E-state index contributed by atoms with van der Waals surface area (Å²) in [4.78, 5) is 9.34. The maximum atomic E-state index is 14.3. The lowest BCUT2D eigenvalue weighted by molar-refractivity contribution is 0.0780. The predicted octanol–water partition coefficient (Wildman–Crippen LogP) is 3.50. The van der Waals surface area contributed by atoms with Crippen LogP contribution in [0.5, 0.6) is 17.5 Å². The molecule has 0 amide bonds. The van der Waals surface area contributed by atoms with Crippen molar-refractivity contribution in [1.82, 2.24) is 15.0 Å². The highest BCUT2D eigenvalue weighted by Gasteiger charge is 2.26. The number of halogens is 5. The Hall–Kier alpha value is -3.36. The Bertz CT molecular complexity index is 1210. The fraction of sp³-hybridized carbons (Fsp3) is 0.294. The summed E-state index contributed by atoms with van der Waals surface area (Å²) in [5.41, 5.74) is -1.33.